The molecule has 1 aromatic heterocycles. The third-order valence-corrected chi connectivity index (χ3v) is 2.86. The van der Waals surface area contributed by atoms with Crippen LogP contribution in [-0.4, -0.2) is 16.6 Å². The van der Waals surface area contributed by atoms with Crippen molar-refractivity contribution in [3.05, 3.63) is 35.0 Å². The van der Waals surface area contributed by atoms with Crippen molar-refractivity contribution in [2.24, 2.45) is 0 Å². The first-order valence-corrected chi connectivity index (χ1v) is 6.32. The van der Waals surface area contributed by atoms with Crippen LogP contribution in [0, 0.1) is 0 Å². The van der Waals surface area contributed by atoms with Crippen molar-refractivity contribution < 1.29 is 17.9 Å². The molecule has 0 bridgehead atoms. The average molecular weight is 318 g/mol. The Labute approximate surface area is 123 Å². The highest BCUT2D eigenvalue weighted by molar-refractivity contribution is 6.32. The summed E-state index contributed by atoms with van der Waals surface area (Å²) in [5, 5.41) is 0.103. The molecule has 8 heteroatoms. The molecule has 0 unspecified atom stereocenters. The average Bonchev–Trinajstić information content (AvgIpc) is 2.40. The fourth-order valence-electron chi connectivity index (χ4n) is 1.73. The molecule has 1 aromatic carbocycles. The molecule has 0 aliphatic heterocycles. The lowest BCUT2D eigenvalue weighted by Crippen LogP contribution is -2.06. The van der Waals surface area contributed by atoms with Gasteiger partial charge in [0.2, 0.25) is 5.95 Å². The number of nitrogens with zero attached hydrogens (tertiary/aromatic N) is 2. The van der Waals surface area contributed by atoms with Gasteiger partial charge in [-0.1, -0.05) is 11.6 Å². The fraction of sp³-hybridized carbons (Fsp3) is 0.231. The van der Waals surface area contributed by atoms with Gasteiger partial charge in [0.15, 0.2) is 0 Å². The Morgan fingerprint density at radius 1 is 1.29 bits per heavy atom. The molecular weight excluding hydrogens is 307 g/mol. The summed E-state index contributed by atoms with van der Waals surface area (Å²) in [6.45, 7) is 1.91. The summed E-state index contributed by atoms with van der Waals surface area (Å²) < 4.78 is 44.0. The van der Waals surface area contributed by atoms with Gasteiger partial charge in [0.05, 0.1) is 29.1 Å². The molecule has 0 atom stereocenters. The first kappa shape index (κ1) is 15.4. The van der Waals surface area contributed by atoms with Crippen LogP contribution in [0.3, 0.4) is 0 Å². The molecule has 2 N–H and O–H groups in total. The number of aromatic nitrogens is 2. The first-order valence-electron chi connectivity index (χ1n) is 5.94. The van der Waals surface area contributed by atoms with Gasteiger partial charge >= 0.3 is 6.18 Å². The van der Waals surface area contributed by atoms with Crippen molar-refractivity contribution in [2.45, 2.75) is 13.1 Å². The number of nitrogens with two attached hydrogens (primary N) is 1. The second-order valence-corrected chi connectivity index (χ2v) is 4.51. The Morgan fingerprint density at radius 3 is 2.62 bits per heavy atom. The Morgan fingerprint density at radius 2 is 2.00 bits per heavy atom. The molecule has 0 amide bonds. The molecule has 112 valence electrons. The van der Waals surface area contributed by atoms with E-state index >= 15 is 0 Å². The zero-order valence-electron chi connectivity index (χ0n) is 10.9. The molecule has 1 heterocycles. The maximum Gasteiger partial charge on any atom is 0.416 e. The largest absolute Gasteiger partial charge is 0.494 e. The number of halogens is 4. The van der Waals surface area contributed by atoms with Gasteiger partial charge in [-0.05, 0) is 25.1 Å². The summed E-state index contributed by atoms with van der Waals surface area (Å²) in [4.78, 5) is 7.56. The Hall–Kier alpha value is -2.02. The summed E-state index contributed by atoms with van der Waals surface area (Å²) in [5.41, 5.74) is 4.88. The number of benzene rings is 1. The number of anilines is 1. The highest BCUT2D eigenvalue weighted by Crippen LogP contribution is 2.36. The lowest BCUT2D eigenvalue weighted by molar-refractivity contribution is -0.137. The van der Waals surface area contributed by atoms with E-state index < -0.39 is 11.7 Å². The van der Waals surface area contributed by atoms with Gasteiger partial charge in [-0.25, -0.2) is 9.97 Å². The van der Waals surface area contributed by atoms with Crippen LogP contribution >= 0.6 is 11.6 Å². The summed E-state index contributed by atoms with van der Waals surface area (Å²) in [7, 11) is 0. The summed E-state index contributed by atoms with van der Waals surface area (Å²) in [6, 6.07) is 3.29. The molecule has 2 rings (SSSR count). The van der Waals surface area contributed by atoms with Crippen molar-refractivity contribution in [3.63, 3.8) is 0 Å². The van der Waals surface area contributed by atoms with E-state index in [0.29, 0.717) is 0 Å². The molecule has 0 aliphatic carbocycles. The topological polar surface area (TPSA) is 61.0 Å². The van der Waals surface area contributed by atoms with Gasteiger partial charge in [-0.3, -0.25) is 0 Å². The maximum atomic E-state index is 12.9. The third-order valence-electron chi connectivity index (χ3n) is 2.58. The Kier molecular flexibility index (Phi) is 4.22. The van der Waals surface area contributed by atoms with Crippen LogP contribution in [0.15, 0.2) is 24.4 Å². The molecule has 0 spiro atoms. The van der Waals surface area contributed by atoms with Crippen LogP contribution in [-0.2, 0) is 6.18 Å². The van der Waals surface area contributed by atoms with Gasteiger partial charge in [0.25, 0.3) is 0 Å². The van der Waals surface area contributed by atoms with E-state index in [-0.39, 0.29) is 34.6 Å². The zero-order chi connectivity index (χ0) is 15.6. The molecule has 4 nitrogen and oxygen atoms in total. The summed E-state index contributed by atoms with van der Waals surface area (Å²) in [5.74, 6) is 0.000321. The Bertz CT molecular complexity index is 662. The quantitative estimate of drug-likeness (QED) is 0.935. The number of ether oxygens (including phenoxy) is 1. The van der Waals surface area contributed by atoms with Gasteiger partial charge in [0, 0.05) is 5.56 Å². The molecule has 0 saturated heterocycles. The molecule has 0 fully saturated rings. The van der Waals surface area contributed by atoms with E-state index in [2.05, 4.69) is 9.97 Å². The zero-order valence-corrected chi connectivity index (χ0v) is 11.7. The minimum Gasteiger partial charge on any atom is -0.494 e. The van der Waals surface area contributed by atoms with Gasteiger partial charge in [-0.15, -0.1) is 0 Å². The van der Waals surface area contributed by atoms with Crippen LogP contribution in [0.2, 0.25) is 5.02 Å². The highest BCUT2D eigenvalue weighted by atomic mass is 35.5. The first-order chi connectivity index (χ1) is 9.81. The summed E-state index contributed by atoms with van der Waals surface area (Å²) in [6.07, 6.45) is -3.27. The van der Waals surface area contributed by atoms with Crippen LogP contribution in [0.5, 0.6) is 5.75 Å². The van der Waals surface area contributed by atoms with Crippen molar-refractivity contribution >= 4 is 17.5 Å². The number of hydrogen-bond donors (Lipinski definition) is 1. The molecule has 0 aliphatic rings. The van der Waals surface area contributed by atoms with Crippen LogP contribution in [0.1, 0.15) is 12.5 Å². The van der Waals surface area contributed by atoms with E-state index in [1.54, 1.807) is 6.92 Å². The minimum atomic E-state index is -4.51. The molecular formula is C13H11ClF3N3O. The normalized spacial score (nSPS) is 11.5. The molecule has 0 saturated carbocycles. The fourth-order valence-corrected chi connectivity index (χ4v) is 1.93. The van der Waals surface area contributed by atoms with Gasteiger partial charge in [-0.2, -0.15) is 13.2 Å². The third kappa shape index (κ3) is 3.55. The lowest BCUT2D eigenvalue weighted by Gasteiger charge is -2.13. The summed E-state index contributed by atoms with van der Waals surface area (Å²) >= 11 is 5.92. The van der Waals surface area contributed by atoms with E-state index in [9.17, 15) is 13.2 Å². The molecule has 2 aromatic rings. The van der Waals surface area contributed by atoms with Gasteiger partial charge < -0.3 is 10.5 Å². The molecule has 21 heavy (non-hydrogen) atoms. The van der Waals surface area contributed by atoms with E-state index in [4.69, 9.17) is 22.1 Å². The monoisotopic (exact) mass is 317 g/mol. The van der Waals surface area contributed by atoms with Gasteiger partial charge in [0.1, 0.15) is 5.75 Å². The van der Waals surface area contributed by atoms with Crippen molar-refractivity contribution in [1.29, 1.82) is 0 Å². The molecule has 0 radical (unpaired) electrons. The number of hydrogen-bond acceptors (Lipinski definition) is 4. The second-order valence-electron chi connectivity index (χ2n) is 4.10. The smallest absolute Gasteiger partial charge is 0.416 e. The predicted molar refractivity (Wildman–Crippen MR) is 73.1 cm³/mol. The number of alkyl halides is 3. The lowest BCUT2D eigenvalue weighted by atomic mass is 10.1. The van der Waals surface area contributed by atoms with Crippen LogP contribution in [0.4, 0.5) is 19.1 Å². The standard InChI is InChI=1S/C13H11ClF3N3O/c1-2-21-9-4-7(3-8(5-9)13(15,16)17)11-10(14)6-19-12(18)20-11/h3-6H,2H2,1H3,(H2,18,19,20). The minimum absolute atomic E-state index is 0.0789. The predicted octanol–water partition coefficient (Wildman–Crippen LogP) is 3.80. The highest BCUT2D eigenvalue weighted by Gasteiger charge is 2.32. The second kappa shape index (κ2) is 5.77. The van der Waals surface area contributed by atoms with E-state index in [0.717, 1.165) is 12.1 Å². The van der Waals surface area contributed by atoms with E-state index in [1.165, 1.54) is 12.3 Å². The number of nitrogen functional groups attached to an aromatic ring is 1. The van der Waals surface area contributed by atoms with Crippen molar-refractivity contribution in [1.82, 2.24) is 9.97 Å². The SMILES string of the molecule is CCOc1cc(-c2nc(N)ncc2Cl)cc(C(F)(F)F)c1. The van der Waals surface area contributed by atoms with Crippen LogP contribution in [0.25, 0.3) is 11.3 Å². The van der Waals surface area contributed by atoms with E-state index in [1.807, 2.05) is 0 Å². The Balaban J connectivity index is 2.62. The van der Waals surface area contributed by atoms with Crippen molar-refractivity contribution in [2.75, 3.05) is 12.3 Å². The number of rotatable bonds is 3. The van der Waals surface area contributed by atoms with Crippen molar-refractivity contribution in [3.8, 4) is 17.0 Å². The maximum absolute atomic E-state index is 12.9. The van der Waals surface area contributed by atoms with Crippen LogP contribution < -0.4 is 10.5 Å².